The maximum atomic E-state index is 11.8. The van der Waals surface area contributed by atoms with E-state index in [4.69, 9.17) is 4.74 Å². The summed E-state index contributed by atoms with van der Waals surface area (Å²) < 4.78 is 7.14. The minimum absolute atomic E-state index is 0.151. The maximum absolute atomic E-state index is 11.8. The molecular weight excluding hydrogens is 366 g/mol. The van der Waals surface area contributed by atoms with Crippen LogP contribution in [-0.4, -0.2) is 32.6 Å². The summed E-state index contributed by atoms with van der Waals surface area (Å²) in [5.41, 5.74) is 1.48. The summed E-state index contributed by atoms with van der Waals surface area (Å²) in [6.07, 6.45) is 7.45. The Morgan fingerprint density at radius 3 is 3.08 bits per heavy atom. The summed E-state index contributed by atoms with van der Waals surface area (Å²) in [7, 11) is 0. The molecule has 0 radical (unpaired) electrons. The van der Waals surface area contributed by atoms with E-state index >= 15 is 0 Å². The van der Waals surface area contributed by atoms with Crippen LogP contribution in [0.4, 0.5) is 0 Å². The highest BCUT2D eigenvalue weighted by molar-refractivity contribution is 8.00. The zero-order valence-electron chi connectivity index (χ0n) is 14.9. The van der Waals surface area contributed by atoms with Gasteiger partial charge in [0.25, 0.3) is 0 Å². The molecule has 0 N–H and O–H groups in total. The summed E-state index contributed by atoms with van der Waals surface area (Å²) in [6.45, 7) is 7.28. The summed E-state index contributed by atoms with van der Waals surface area (Å²) in [5, 5.41) is 9.41. The number of allylic oxidation sites excluding steroid dienone is 1. The monoisotopic (exact) mass is 389 g/mol. The van der Waals surface area contributed by atoms with Gasteiger partial charge in [0.15, 0.2) is 11.0 Å². The lowest BCUT2D eigenvalue weighted by Crippen LogP contribution is -2.11. The van der Waals surface area contributed by atoms with E-state index in [1.165, 1.54) is 52.8 Å². The summed E-state index contributed by atoms with van der Waals surface area (Å²) in [5.74, 6) is 1.53. The van der Waals surface area contributed by atoms with E-state index in [9.17, 15) is 4.79 Å². The van der Waals surface area contributed by atoms with Crippen LogP contribution in [-0.2, 0) is 28.9 Å². The first-order valence-corrected chi connectivity index (χ1v) is 10.9. The zero-order chi connectivity index (χ0) is 18.1. The quantitative estimate of drug-likeness (QED) is 0.550. The lowest BCUT2D eigenvalue weighted by Gasteiger charge is -2.19. The fraction of sp³-hybridized carbons (Fsp3) is 0.526. The molecule has 5 nitrogen and oxygen atoms in total. The van der Waals surface area contributed by atoms with E-state index in [0.717, 1.165) is 23.3 Å². The molecule has 1 fully saturated rings. The van der Waals surface area contributed by atoms with Gasteiger partial charge < -0.3 is 4.74 Å². The predicted molar refractivity (Wildman–Crippen MR) is 105 cm³/mol. The number of thiophene rings is 1. The number of hydrogen-bond donors (Lipinski definition) is 0. The van der Waals surface area contributed by atoms with Gasteiger partial charge in [-0.15, -0.1) is 28.1 Å². The van der Waals surface area contributed by atoms with Gasteiger partial charge in [-0.3, -0.25) is 9.36 Å². The third-order valence-corrected chi connectivity index (χ3v) is 7.60. The number of hydrogen-bond acceptors (Lipinski definition) is 6. The number of aryl methyl sites for hydroxylation is 1. The Bertz CT molecular complexity index is 827. The first kappa shape index (κ1) is 17.8. The first-order valence-electron chi connectivity index (χ1n) is 9.19. The van der Waals surface area contributed by atoms with E-state index in [1.807, 2.05) is 17.4 Å². The van der Waals surface area contributed by atoms with E-state index in [2.05, 4.69) is 34.3 Å². The molecule has 4 rings (SSSR count). The van der Waals surface area contributed by atoms with Gasteiger partial charge in [0, 0.05) is 17.8 Å². The van der Waals surface area contributed by atoms with Crippen LogP contribution < -0.4 is 0 Å². The molecule has 26 heavy (non-hydrogen) atoms. The Morgan fingerprint density at radius 2 is 2.35 bits per heavy atom. The Morgan fingerprint density at radius 1 is 1.46 bits per heavy atom. The molecule has 2 aromatic heterocycles. The van der Waals surface area contributed by atoms with Crippen LogP contribution in [0.1, 0.15) is 36.6 Å². The number of carbonyl (C=O) groups excluding carboxylic acids is 1. The highest BCUT2D eigenvalue weighted by atomic mass is 32.2. The van der Waals surface area contributed by atoms with Crippen molar-refractivity contribution in [3.63, 3.8) is 0 Å². The number of esters is 1. The Balaban J connectivity index is 1.63. The smallest absolute Gasteiger partial charge is 0.319 e. The Hall–Kier alpha value is -1.60. The molecule has 2 aromatic rings. The highest BCUT2D eigenvalue weighted by Gasteiger charge is 2.30. The number of carbonyl (C=O) groups is 1. The van der Waals surface area contributed by atoms with Crippen molar-refractivity contribution in [2.45, 2.75) is 56.0 Å². The Labute approximate surface area is 161 Å². The van der Waals surface area contributed by atoms with Crippen LogP contribution in [0.15, 0.2) is 23.9 Å². The minimum Gasteiger partial charge on any atom is -0.465 e. The van der Waals surface area contributed by atoms with E-state index in [0.29, 0.717) is 13.2 Å². The van der Waals surface area contributed by atoms with Crippen LogP contribution in [0.2, 0.25) is 0 Å². The summed E-state index contributed by atoms with van der Waals surface area (Å²) in [6, 6.07) is 2.30. The van der Waals surface area contributed by atoms with Gasteiger partial charge in [-0.1, -0.05) is 31.2 Å². The molecule has 0 aromatic carbocycles. The lowest BCUT2D eigenvalue weighted by atomic mass is 9.87. The molecule has 0 amide bonds. The van der Waals surface area contributed by atoms with Crippen molar-refractivity contribution in [3.8, 4) is 10.7 Å². The van der Waals surface area contributed by atoms with Crippen LogP contribution in [0.3, 0.4) is 0 Å². The molecule has 7 heteroatoms. The third kappa shape index (κ3) is 3.34. The van der Waals surface area contributed by atoms with Crippen molar-refractivity contribution in [1.29, 1.82) is 0 Å². The fourth-order valence-electron chi connectivity index (χ4n) is 3.62. The van der Waals surface area contributed by atoms with Gasteiger partial charge >= 0.3 is 5.97 Å². The number of nitrogens with zero attached hydrogens (tertiary/aromatic N) is 3. The molecule has 138 valence electrons. The average Bonchev–Trinajstić information content (AvgIpc) is 3.34. The molecule has 3 heterocycles. The van der Waals surface area contributed by atoms with Crippen LogP contribution in [0.5, 0.6) is 0 Å². The number of aromatic nitrogens is 3. The summed E-state index contributed by atoms with van der Waals surface area (Å²) in [4.78, 5) is 14.5. The largest absolute Gasteiger partial charge is 0.465 e. The minimum atomic E-state index is -0.183. The first-order chi connectivity index (χ1) is 12.7. The second-order valence-electron chi connectivity index (χ2n) is 6.84. The third-order valence-electron chi connectivity index (χ3n) is 5.15. The standard InChI is InChI=1S/C19H23N3O2S2/c1-3-8-22-17(20-21-19(22)26-15-7-9-24-18(15)23)16-11-13-10-12(4-2)5-6-14(13)25-16/h3,11-12,15H,1,4-10H2,2H3/t12-,15-/m1/s1. The van der Waals surface area contributed by atoms with Crippen molar-refractivity contribution in [2.24, 2.45) is 5.92 Å². The molecule has 0 saturated carbocycles. The van der Waals surface area contributed by atoms with Crippen molar-refractivity contribution in [1.82, 2.24) is 14.8 Å². The average molecular weight is 390 g/mol. The van der Waals surface area contributed by atoms with Crippen LogP contribution >= 0.6 is 23.1 Å². The zero-order valence-corrected chi connectivity index (χ0v) is 16.6. The summed E-state index contributed by atoms with van der Waals surface area (Å²) >= 11 is 3.29. The second kappa shape index (κ2) is 7.56. The normalized spacial score (nSPS) is 22.3. The molecule has 0 bridgehead atoms. The van der Waals surface area contributed by atoms with Gasteiger partial charge in [0.1, 0.15) is 5.25 Å². The number of ether oxygens (including phenoxy) is 1. The highest BCUT2D eigenvalue weighted by Crippen LogP contribution is 2.39. The maximum Gasteiger partial charge on any atom is 0.319 e. The van der Waals surface area contributed by atoms with Crippen molar-refractivity contribution in [2.75, 3.05) is 6.61 Å². The molecule has 1 saturated heterocycles. The van der Waals surface area contributed by atoms with Gasteiger partial charge in [-0.05, 0) is 36.8 Å². The number of thioether (sulfide) groups is 1. The van der Waals surface area contributed by atoms with E-state index in [1.54, 1.807) is 0 Å². The molecular formula is C19H23N3O2S2. The molecule has 0 unspecified atom stereocenters. The van der Waals surface area contributed by atoms with E-state index in [-0.39, 0.29) is 11.2 Å². The van der Waals surface area contributed by atoms with Gasteiger partial charge in [0.2, 0.25) is 0 Å². The molecule has 2 atom stereocenters. The SMILES string of the molecule is C=CCn1c(S[C@@H]2CCOC2=O)nnc1-c1cc2c(s1)CC[C@@H](CC)C2. The number of cyclic esters (lactones) is 1. The number of rotatable bonds is 6. The van der Waals surface area contributed by atoms with Crippen molar-refractivity contribution < 1.29 is 9.53 Å². The second-order valence-corrected chi connectivity index (χ2v) is 9.15. The van der Waals surface area contributed by atoms with Gasteiger partial charge in [-0.25, -0.2) is 0 Å². The topological polar surface area (TPSA) is 57.0 Å². The molecule has 0 spiro atoms. The Kier molecular flexibility index (Phi) is 5.18. The fourth-order valence-corrected chi connectivity index (χ4v) is 5.83. The number of fused-ring (bicyclic) bond motifs is 1. The van der Waals surface area contributed by atoms with Gasteiger partial charge in [0.05, 0.1) is 11.5 Å². The lowest BCUT2D eigenvalue weighted by molar-refractivity contribution is -0.137. The molecule has 1 aliphatic heterocycles. The van der Waals surface area contributed by atoms with Crippen LogP contribution in [0.25, 0.3) is 10.7 Å². The van der Waals surface area contributed by atoms with Gasteiger partial charge in [-0.2, -0.15) is 0 Å². The predicted octanol–water partition coefficient (Wildman–Crippen LogP) is 4.12. The van der Waals surface area contributed by atoms with Crippen LogP contribution in [0, 0.1) is 5.92 Å². The van der Waals surface area contributed by atoms with Crippen molar-refractivity contribution in [3.05, 3.63) is 29.2 Å². The molecule has 1 aliphatic carbocycles. The van der Waals surface area contributed by atoms with E-state index < -0.39 is 0 Å². The molecule has 2 aliphatic rings. The van der Waals surface area contributed by atoms with Crippen molar-refractivity contribution >= 4 is 29.1 Å².